The standard InChI is InChI=1S/C12H11BrCl2N2/c1-7-12(13)8(2)17(16-7)6-9-3-4-10(14)5-11(9)15/h3-5H,6H2,1-2H3. The maximum Gasteiger partial charge on any atom is 0.0738 e. The summed E-state index contributed by atoms with van der Waals surface area (Å²) in [6.45, 7) is 4.64. The zero-order valence-electron chi connectivity index (χ0n) is 9.47. The second-order valence-corrected chi connectivity index (χ2v) is 5.51. The fourth-order valence-corrected chi connectivity index (χ4v) is 2.39. The van der Waals surface area contributed by atoms with E-state index < -0.39 is 0 Å². The van der Waals surface area contributed by atoms with E-state index >= 15 is 0 Å². The second kappa shape index (κ2) is 5.01. The number of benzene rings is 1. The van der Waals surface area contributed by atoms with E-state index in [1.165, 1.54) is 0 Å². The van der Waals surface area contributed by atoms with E-state index in [0.717, 1.165) is 21.4 Å². The van der Waals surface area contributed by atoms with E-state index in [1.807, 2.05) is 30.7 Å². The van der Waals surface area contributed by atoms with Gasteiger partial charge in [-0.05, 0) is 47.5 Å². The largest absolute Gasteiger partial charge is 0.264 e. The number of nitrogens with zero attached hydrogens (tertiary/aromatic N) is 2. The van der Waals surface area contributed by atoms with Crippen LogP contribution in [0, 0.1) is 13.8 Å². The first-order valence-corrected chi connectivity index (χ1v) is 6.67. The van der Waals surface area contributed by atoms with Crippen LogP contribution in [-0.4, -0.2) is 9.78 Å². The lowest BCUT2D eigenvalue weighted by molar-refractivity contribution is 0.659. The molecule has 90 valence electrons. The molecule has 5 heteroatoms. The smallest absolute Gasteiger partial charge is 0.0738 e. The predicted molar refractivity (Wildman–Crippen MR) is 75.0 cm³/mol. The molecule has 2 nitrogen and oxygen atoms in total. The van der Waals surface area contributed by atoms with Crippen molar-refractivity contribution < 1.29 is 0 Å². The van der Waals surface area contributed by atoms with Gasteiger partial charge in [0.1, 0.15) is 0 Å². The lowest BCUT2D eigenvalue weighted by Crippen LogP contribution is -2.04. The molecular weight excluding hydrogens is 323 g/mol. The molecule has 1 aromatic carbocycles. The second-order valence-electron chi connectivity index (χ2n) is 3.88. The molecule has 1 heterocycles. The van der Waals surface area contributed by atoms with Crippen molar-refractivity contribution in [3.63, 3.8) is 0 Å². The van der Waals surface area contributed by atoms with Gasteiger partial charge in [0.2, 0.25) is 0 Å². The summed E-state index contributed by atoms with van der Waals surface area (Å²) in [4.78, 5) is 0. The maximum atomic E-state index is 6.14. The van der Waals surface area contributed by atoms with E-state index in [0.29, 0.717) is 16.6 Å². The van der Waals surface area contributed by atoms with Gasteiger partial charge in [0.05, 0.1) is 22.4 Å². The minimum Gasteiger partial charge on any atom is -0.264 e. The van der Waals surface area contributed by atoms with Crippen molar-refractivity contribution in [2.24, 2.45) is 0 Å². The third kappa shape index (κ3) is 2.67. The summed E-state index contributed by atoms with van der Waals surface area (Å²) in [6, 6.07) is 5.51. The van der Waals surface area contributed by atoms with E-state index in [-0.39, 0.29) is 0 Å². The summed E-state index contributed by atoms with van der Waals surface area (Å²) in [5.74, 6) is 0. The van der Waals surface area contributed by atoms with Crippen molar-refractivity contribution in [3.8, 4) is 0 Å². The van der Waals surface area contributed by atoms with Gasteiger partial charge in [-0.25, -0.2) is 0 Å². The lowest BCUT2D eigenvalue weighted by atomic mass is 10.2. The molecule has 0 N–H and O–H groups in total. The van der Waals surface area contributed by atoms with Crippen molar-refractivity contribution in [2.45, 2.75) is 20.4 Å². The molecule has 0 saturated heterocycles. The molecule has 0 atom stereocenters. The molecule has 0 radical (unpaired) electrons. The minimum absolute atomic E-state index is 0.647. The molecular formula is C12H11BrCl2N2. The van der Waals surface area contributed by atoms with Crippen molar-refractivity contribution in [2.75, 3.05) is 0 Å². The van der Waals surface area contributed by atoms with Crippen LogP contribution in [0.5, 0.6) is 0 Å². The predicted octanol–water partition coefficient (Wildman–Crippen LogP) is 4.62. The first kappa shape index (κ1) is 12.9. The van der Waals surface area contributed by atoms with E-state index in [2.05, 4.69) is 21.0 Å². The molecule has 0 aliphatic heterocycles. The van der Waals surface area contributed by atoms with Gasteiger partial charge in [0, 0.05) is 10.0 Å². The van der Waals surface area contributed by atoms with Crippen molar-refractivity contribution in [3.05, 3.63) is 49.7 Å². The first-order valence-electron chi connectivity index (χ1n) is 5.12. The monoisotopic (exact) mass is 332 g/mol. The van der Waals surface area contributed by atoms with Crippen LogP contribution >= 0.6 is 39.1 Å². The Morgan fingerprint density at radius 1 is 1.29 bits per heavy atom. The van der Waals surface area contributed by atoms with Crippen LogP contribution in [0.4, 0.5) is 0 Å². The molecule has 2 aromatic rings. The molecule has 2 rings (SSSR count). The highest BCUT2D eigenvalue weighted by Gasteiger charge is 2.10. The summed E-state index contributed by atoms with van der Waals surface area (Å²) in [5, 5.41) is 5.76. The molecule has 0 aliphatic carbocycles. The fourth-order valence-electron chi connectivity index (χ4n) is 1.64. The number of halogens is 3. The van der Waals surface area contributed by atoms with Gasteiger partial charge in [-0.3, -0.25) is 4.68 Å². The maximum absolute atomic E-state index is 6.14. The molecule has 0 fully saturated rings. The third-order valence-electron chi connectivity index (χ3n) is 2.63. The fraction of sp³-hybridized carbons (Fsp3) is 0.250. The molecule has 17 heavy (non-hydrogen) atoms. The van der Waals surface area contributed by atoms with Gasteiger partial charge < -0.3 is 0 Å². The van der Waals surface area contributed by atoms with Gasteiger partial charge in [-0.1, -0.05) is 29.3 Å². The summed E-state index contributed by atoms with van der Waals surface area (Å²) in [6.07, 6.45) is 0. The average molecular weight is 334 g/mol. The first-order chi connectivity index (χ1) is 7.99. The molecule has 0 bridgehead atoms. The zero-order valence-corrected chi connectivity index (χ0v) is 12.6. The van der Waals surface area contributed by atoms with E-state index in [9.17, 15) is 0 Å². The van der Waals surface area contributed by atoms with Crippen molar-refractivity contribution >= 4 is 39.1 Å². The molecule has 0 spiro atoms. The Morgan fingerprint density at radius 3 is 2.53 bits per heavy atom. The van der Waals surface area contributed by atoms with Gasteiger partial charge >= 0.3 is 0 Å². The highest BCUT2D eigenvalue weighted by Crippen LogP contribution is 2.24. The Labute approximate surface area is 119 Å². The number of hydrogen-bond acceptors (Lipinski definition) is 1. The number of aryl methyl sites for hydroxylation is 1. The Bertz CT molecular complexity index is 564. The normalized spacial score (nSPS) is 10.9. The molecule has 1 aromatic heterocycles. The van der Waals surface area contributed by atoms with Gasteiger partial charge in [0.25, 0.3) is 0 Å². The Balaban J connectivity index is 2.34. The summed E-state index contributed by atoms with van der Waals surface area (Å²) in [5.41, 5.74) is 3.08. The summed E-state index contributed by atoms with van der Waals surface area (Å²) >= 11 is 15.5. The van der Waals surface area contributed by atoms with Crippen molar-refractivity contribution in [1.29, 1.82) is 0 Å². The zero-order chi connectivity index (χ0) is 12.6. The Hall–Kier alpha value is -0.510. The van der Waals surface area contributed by atoms with E-state index in [1.54, 1.807) is 6.07 Å². The van der Waals surface area contributed by atoms with Gasteiger partial charge in [-0.2, -0.15) is 5.10 Å². The van der Waals surface area contributed by atoms with Crippen molar-refractivity contribution in [1.82, 2.24) is 9.78 Å². The van der Waals surface area contributed by atoms with Crippen LogP contribution in [0.15, 0.2) is 22.7 Å². The van der Waals surface area contributed by atoms with Crippen LogP contribution < -0.4 is 0 Å². The topological polar surface area (TPSA) is 17.8 Å². The molecule has 0 unspecified atom stereocenters. The SMILES string of the molecule is Cc1nn(Cc2ccc(Cl)cc2Cl)c(C)c1Br. The third-order valence-corrected chi connectivity index (χ3v) is 4.36. The highest BCUT2D eigenvalue weighted by molar-refractivity contribution is 9.10. The molecule has 0 saturated carbocycles. The van der Waals surface area contributed by atoms with Crippen LogP contribution in [0.3, 0.4) is 0 Å². The quantitative estimate of drug-likeness (QED) is 0.784. The minimum atomic E-state index is 0.647. The van der Waals surface area contributed by atoms with Gasteiger partial charge in [0.15, 0.2) is 0 Å². The highest BCUT2D eigenvalue weighted by atomic mass is 79.9. The van der Waals surface area contributed by atoms with E-state index in [4.69, 9.17) is 23.2 Å². The molecule has 0 aliphatic rings. The van der Waals surface area contributed by atoms with Gasteiger partial charge in [-0.15, -0.1) is 0 Å². The van der Waals surface area contributed by atoms with Crippen LogP contribution in [0.25, 0.3) is 0 Å². The number of rotatable bonds is 2. The van der Waals surface area contributed by atoms with Crippen LogP contribution in [0.1, 0.15) is 17.0 Å². The molecule has 0 amide bonds. The Kier molecular flexibility index (Phi) is 3.81. The number of aromatic nitrogens is 2. The number of hydrogen-bond donors (Lipinski definition) is 0. The summed E-state index contributed by atoms with van der Waals surface area (Å²) in [7, 11) is 0. The van der Waals surface area contributed by atoms with Crippen LogP contribution in [-0.2, 0) is 6.54 Å². The van der Waals surface area contributed by atoms with Crippen LogP contribution in [0.2, 0.25) is 10.0 Å². The average Bonchev–Trinajstić information content (AvgIpc) is 2.50. The summed E-state index contributed by atoms with van der Waals surface area (Å²) < 4.78 is 2.97. The Morgan fingerprint density at radius 2 is 2.00 bits per heavy atom. The lowest BCUT2D eigenvalue weighted by Gasteiger charge is -2.07.